The third kappa shape index (κ3) is 5.14. The standard InChI is InChI=1S/C19H16F2N2O3/c1-13(12-24-19-22-7-2-8-23-19)25-16-3-5-17(6-4-16)26-18-10-14(20)9-15(21)11-18/h2-11,13H,12H2,1H3. The molecule has 0 N–H and O–H groups in total. The van der Waals surface area contributed by atoms with Crippen molar-refractivity contribution in [2.75, 3.05) is 6.61 Å². The molecule has 0 radical (unpaired) electrons. The molecule has 0 saturated heterocycles. The minimum Gasteiger partial charge on any atom is -0.487 e. The van der Waals surface area contributed by atoms with Crippen LogP contribution in [0.2, 0.25) is 0 Å². The first kappa shape index (κ1) is 17.6. The van der Waals surface area contributed by atoms with Gasteiger partial charge in [-0.15, -0.1) is 0 Å². The lowest BCUT2D eigenvalue weighted by Gasteiger charge is -2.15. The SMILES string of the molecule is CC(COc1ncccn1)Oc1ccc(Oc2cc(F)cc(F)c2)cc1. The van der Waals surface area contributed by atoms with Crippen molar-refractivity contribution in [3.8, 4) is 23.3 Å². The van der Waals surface area contributed by atoms with Gasteiger partial charge >= 0.3 is 6.01 Å². The van der Waals surface area contributed by atoms with Gasteiger partial charge in [-0.3, -0.25) is 0 Å². The molecule has 3 aromatic rings. The quantitative estimate of drug-likeness (QED) is 0.627. The molecule has 0 bridgehead atoms. The van der Waals surface area contributed by atoms with Crippen LogP contribution >= 0.6 is 0 Å². The molecule has 3 rings (SSSR count). The van der Waals surface area contributed by atoms with Crippen LogP contribution in [-0.4, -0.2) is 22.7 Å². The Hall–Kier alpha value is -3.22. The van der Waals surface area contributed by atoms with Crippen LogP contribution in [0.3, 0.4) is 0 Å². The van der Waals surface area contributed by atoms with Crippen molar-refractivity contribution in [3.63, 3.8) is 0 Å². The summed E-state index contributed by atoms with van der Waals surface area (Å²) in [6.45, 7) is 2.13. The van der Waals surface area contributed by atoms with E-state index in [1.165, 1.54) is 0 Å². The van der Waals surface area contributed by atoms with E-state index in [0.29, 0.717) is 11.5 Å². The number of rotatable bonds is 7. The highest BCUT2D eigenvalue weighted by atomic mass is 19.1. The molecule has 0 fully saturated rings. The van der Waals surface area contributed by atoms with E-state index in [1.807, 2.05) is 6.92 Å². The van der Waals surface area contributed by atoms with Gasteiger partial charge in [-0.25, -0.2) is 18.7 Å². The van der Waals surface area contributed by atoms with Crippen molar-refractivity contribution in [2.24, 2.45) is 0 Å². The molecule has 0 spiro atoms. The molecule has 1 atom stereocenters. The van der Waals surface area contributed by atoms with Crippen LogP contribution in [0.5, 0.6) is 23.3 Å². The molecule has 1 unspecified atom stereocenters. The van der Waals surface area contributed by atoms with E-state index in [2.05, 4.69) is 9.97 Å². The van der Waals surface area contributed by atoms with Crippen molar-refractivity contribution in [1.29, 1.82) is 0 Å². The Morgan fingerprint density at radius 1 is 0.885 bits per heavy atom. The summed E-state index contributed by atoms with van der Waals surface area (Å²) in [5.41, 5.74) is 0. The van der Waals surface area contributed by atoms with Crippen LogP contribution in [0.4, 0.5) is 8.78 Å². The number of nitrogens with zero attached hydrogens (tertiary/aromatic N) is 2. The van der Waals surface area contributed by atoms with Crippen LogP contribution in [0, 0.1) is 11.6 Å². The number of hydrogen-bond acceptors (Lipinski definition) is 5. The Kier molecular flexibility index (Phi) is 5.58. The Bertz CT molecular complexity index is 825. The molecule has 2 aromatic carbocycles. The lowest BCUT2D eigenvalue weighted by Crippen LogP contribution is -2.21. The largest absolute Gasteiger partial charge is 0.487 e. The number of benzene rings is 2. The predicted octanol–water partition coefficient (Wildman–Crippen LogP) is 4.39. The Morgan fingerprint density at radius 3 is 2.15 bits per heavy atom. The second kappa shape index (κ2) is 8.24. The second-order valence-corrected chi connectivity index (χ2v) is 5.45. The molecule has 134 valence electrons. The number of hydrogen-bond donors (Lipinski definition) is 0. The van der Waals surface area contributed by atoms with E-state index in [-0.39, 0.29) is 24.5 Å². The van der Waals surface area contributed by atoms with E-state index >= 15 is 0 Å². The van der Waals surface area contributed by atoms with Crippen LogP contribution in [-0.2, 0) is 0 Å². The van der Waals surface area contributed by atoms with E-state index in [1.54, 1.807) is 42.7 Å². The molecule has 5 nitrogen and oxygen atoms in total. The van der Waals surface area contributed by atoms with Gasteiger partial charge in [0.15, 0.2) is 0 Å². The summed E-state index contributed by atoms with van der Waals surface area (Å²) >= 11 is 0. The summed E-state index contributed by atoms with van der Waals surface area (Å²) in [6, 6.07) is 11.7. The zero-order valence-electron chi connectivity index (χ0n) is 13.9. The third-order valence-corrected chi connectivity index (χ3v) is 3.22. The monoisotopic (exact) mass is 358 g/mol. The molecule has 0 amide bonds. The normalized spacial score (nSPS) is 11.7. The Balaban J connectivity index is 1.53. The van der Waals surface area contributed by atoms with Gasteiger partial charge in [-0.1, -0.05) is 0 Å². The summed E-state index contributed by atoms with van der Waals surface area (Å²) < 4.78 is 42.9. The first-order chi connectivity index (χ1) is 12.6. The fourth-order valence-corrected chi connectivity index (χ4v) is 2.13. The second-order valence-electron chi connectivity index (χ2n) is 5.45. The predicted molar refractivity (Wildman–Crippen MR) is 90.5 cm³/mol. The first-order valence-electron chi connectivity index (χ1n) is 7.89. The van der Waals surface area contributed by atoms with Crippen molar-refractivity contribution in [3.05, 3.63) is 72.6 Å². The van der Waals surface area contributed by atoms with Crippen molar-refractivity contribution < 1.29 is 23.0 Å². The summed E-state index contributed by atoms with van der Waals surface area (Å²) in [6.07, 6.45) is 2.96. The van der Waals surface area contributed by atoms with Gasteiger partial charge < -0.3 is 14.2 Å². The number of halogens is 2. The fourth-order valence-electron chi connectivity index (χ4n) is 2.13. The minimum absolute atomic E-state index is 0.0841. The topological polar surface area (TPSA) is 53.5 Å². The van der Waals surface area contributed by atoms with Crippen LogP contribution < -0.4 is 14.2 Å². The Labute approximate surface area is 149 Å². The van der Waals surface area contributed by atoms with Gasteiger partial charge in [0, 0.05) is 30.6 Å². The van der Waals surface area contributed by atoms with Gasteiger partial charge in [0.25, 0.3) is 0 Å². The molecule has 0 saturated carbocycles. The minimum atomic E-state index is -0.698. The Morgan fingerprint density at radius 2 is 1.50 bits per heavy atom. The number of aromatic nitrogens is 2. The smallest absolute Gasteiger partial charge is 0.316 e. The maximum absolute atomic E-state index is 13.2. The molecule has 26 heavy (non-hydrogen) atoms. The van der Waals surface area contributed by atoms with Gasteiger partial charge in [0.1, 0.15) is 41.6 Å². The molecule has 1 heterocycles. The molecule has 1 aromatic heterocycles. The highest BCUT2D eigenvalue weighted by Gasteiger charge is 2.08. The summed E-state index contributed by atoms with van der Waals surface area (Å²) in [4.78, 5) is 7.93. The summed E-state index contributed by atoms with van der Waals surface area (Å²) in [5, 5.41) is 0. The molecule has 7 heteroatoms. The zero-order chi connectivity index (χ0) is 18.4. The maximum Gasteiger partial charge on any atom is 0.316 e. The maximum atomic E-state index is 13.2. The molecule has 0 aliphatic heterocycles. The fraction of sp³-hybridized carbons (Fsp3) is 0.158. The van der Waals surface area contributed by atoms with E-state index in [0.717, 1.165) is 18.2 Å². The summed E-state index contributed by atoms with van der Waals surface area (Å²) in [5.74, 6) is -0.273. The van der Waals surface area contributed by atoms with Crippen LogP contribution in [0.25, 0.3) is 0 Å². The van der Waals surface area contributed by atoms with E-state index in [4.69, 9.17) is 14.2 Å². The molecule has 0 aliphatic rings. The van der Waals surface area contributed by atoms with Gasteiger partial charge in [0.2, 0.25) is 0 Å². The molecular formula is C19H16F2N2O3. The van der Waals surface area contributed by atoms with E-state index in [9.17, 15) is 8.78 Å². The lowest BCUT2D eigenvalue weighted by molar-refractivity contribution is 0.136. The highest BCUT2D eigenvalue weighted by Crippen LogP contribution is 2.25. The van der Waals surface area contributed by atoms with Crippen LogP contribution in [0.15, 0.2) is 60.9 Å². The van der Waals surface area contributed by atoms with Crippen molar-refractivity contribution in [2.45, 2.75) is 13.0 Å². The van der Waals surface area contributed by atoms with Crippen molar-refractivity contribution >= 4 is 0 Å². The average molecular weight is 358 g/mol. The van der Waals surface area contributed by atoms with E-state index < -0.39 is 11.6 Å². The molecule has 0 aliphatic carbocycles. The molecular weight excluding hydrogens is 342 g/mol. The van der Waals surface area contributed by atoms with Crippen molar-refractivity contribution in [1.82, 2.24) is 9.97 Å². The van der Waals surface area contributed by atoms with Gasteiger partial charge in [0.05, 0.1) is 0 Å². The van der Waals surface area contributed by atoms with Gasteiger partial charge in [-0.05, 0) is 37.3 Å². The zero-order valence-corrected chi connectivity index (χ0v) is 13.9. The van der Waals surface area contributed by atoms with Gasteiger partial charge in [-0.2, -0.15) is 0 Å². The average Bonchev–Trinajstić information content (AvgIpc) is 2.62. The number of ether oxygens (including phenoxy) is 3. The summed E-state index contributed by atoms with van der Waals surface area (Å²) in [7, 11) is 0. The highest BCUT2D eigenvalue weighted by molar-refractivity contribution is 5.35. The lowest BCUT2D eigenvalue weighted by atomic mass is 10.3. The van der Waals surface area contributed by atoms with Crippen LogP contribution in [0.1, 0.15) is 6.92 Å². The third-order valence-electron chi connectivity index (χ3n) is 3.22. The first-order valence-corrected chi connectivity index (χ1v) is 7.89.